The lowest BCUT2D eigenvalue weighted by molar-refractivity contribution is -0.140. The molecule has 0 unspecified atom stereocenters. The Labute approximate surface area is 129 Å². The van der Waals surface area contributed by atoms with Crippen LogP contribution in [0.1, 0.15) is 36.4 Å². The molecule has 2 rings (SSSR count). The van der Waals surface area contributed by atoms with Gasteiger partial charge in [-0.1, -0.05) is 24.3 Å². The van der Waals surface area contributed by atoms with Crippen molar-refractivity contribution in [2.45, 2.75) is 31.7 Å². The largest absolute Gasteiger partial charge is 0.469 e. The molecule has 0 saturated heterocycles. The lowest BCUT2D eigenvalue weighted by atomic mass is 9.88. The number of ether oxygens (including phenoxy) is 1. The van der Waals surface area contributed by atoms with Gasteiger partial charge in [0, 0.05) is 5.75 Å². The highest BCUT2D eigenvalue weighted by Gasteiger charge is 2.21. The molecule has 0 spiro atoms. The third kappa shape index (κ3) is 4.77. The molecular formula is C16H21NO3S. The maximum atomic E-state index is 12.0. The molecule has 0 aliphatic heterocycles. The molecule has 0 aromatic heterocycles. The molecule has 5 heteroatoms. The molecule has 114 valence electrons. The van der Waals surface area contributed by atoms with Crippen molar-refractivity contribution >= 4 is 23.6 Å². The van der Waals surface area contributed by atoms with Crippen molar-refractivity contribution in [3.8, 4) is 0 Å². The Bertz CT molecular complexity index is 504. The van der Waals surface area contributed by atoms with Crippen LogP contribution in [0.15, 0.2) is 24.3 Å². The minimum Gasteiger partial charge on any atom is -0.469 e. The van der Waals surface area contributed by atoms with E-state index in [-0.39, 0.29) is 17.9 Å². The average molecular weight is 307 g/mol. The standard InChI is InChI=1S/C16H21NO3S/c1-20-16(19)9-10-21-11-15(18)17-14-8-4-6-12-5-2-3-7-13(12)14/h2-3,5,7,14H,4,6,8-11H2,1H3,(H,17,18)/t14-/m0/s1. The average Bonchev–Trinajstić information content (AvgIpc) is 2.51. The van der Waals surface area contributed by atoms with Gasteiger partial charge in [0.25, 0.3) is 0 Å². The van der Waals surface area contributed by atoms with Gasteiger partial charge in [-0.3, -0.25) is 9.59 Å². The minimum absolute atomic E-state index is 0.0339. The van der Waals surface area contributed by atoms with Gasteiger partial charge in [-0.2, -0.15) is 11.8 Å². The SMILES string of the molecule is COC(=O)CCSCC(=O)N[C@H]1CCCc2ccccc21. The smallest absolute Gasteiger partial charge is 0.306 e. The molecule has 4 nitrogen and oxygen atoms in total. The summed E-state index contributed by atoms with van der Waals surface area (Å²) in [6.07, 6.45) is 3.55. The maximum absolute atomic E-state index is 12.0. The number of methoxy groups -OCH3 is 1. The fourth-order valence-electron chi connectivity index (χ4n) is 2.56. The second-order valence-electron chi connectivity index (χ2n) is 5.09. The molecule has 21 heavy (non-hydrogen) atoms. The number of esters is 1. The van der Waals surface area contributed by atoms with Crippen LogP contribution in [0.25, 0.3) is 0 Å². The Morgan fingerprint density at radius 2 is 2.19 bits per heavy atom. The molecule has 0 bridgehead atoms. The van der Waals surface area contributed by atoms with Gasteiger partial charge < -0.3 is 10.1 Å². The number of hydrogen-bond donors (Lipinski definition) is 1. The molecule has 1 N–H and O–H groups in total. The van der Waals surface area contributed by atoms with E-state index in [1.807, 2.05) is 12.1 Å². The van der Waals surface area contributed by atoms with Crippen LogP contribution in [0.4, 0.5) is 0 Å². The van der Waals surface area contributed by atoms with Gasteiger partial charge in [0.15, 0.2) is 0 Å². The summed E-state index contributed by atoms with van der Waals surface area (Å²) in [7, 11) is 1.38. The first-order chi connectivity index (χ1) is 10.2. The fourth-order valence-corrected chi connectivity index (χ4v) is 3.29. The maximum Gasteiger partial charge on any atom is 0.306 e. The molecule has 0 heterocycles. The number of fused-ring (bicyclic) bond motifs is 1. The normalized spacial score (nSPS) is 16.9. The van der Waals surface area contributed by atoms with Crippen LogP contribution in [0, 0.1) is 0 Å². The summed E-state index contributed by atoms with van der Waals surface area (Å²) >= 11 is 1.46. The van der Waals surface area contributed by atoms with Crippen LogP contribution in [-0.2, 0) is 20.7 Å². The van der Waals surface area contributed by atoms with Crippen LogP contribution in [0.2, 0.25) is 0 Å². The molecular weight excluding hydrogens is 286 g/mol. The fraction of sp³-hybridized carbons (Fsp3) is 0.500. The predicted octanol–water partition coefficient (Wildman–Crippen LogP) is 2.48. The lowest BCUT2D eigenvalue weighted by Crippen LogP contribution is -2.32. The van der Waals surface area contributed by atoms with E-state index in [9.17, 15) is 9.59 Å². The van der Waals surface area contributed by atoms with Crippen molar-refractivity contribution in [2.75, 3.05) is 18.6 Å². The molecule has 0 radical (unpaired) electrons. The third-order valence-corrected chi connectivity index (χ3v) is 4.58. The van der Waals surface area contributed by atoms with Gasteiger partial charge >= 0.3 is 5.97 Å². The van der Waals surface area contributed by atoms with E-state index < -0.39 is 0 Å². The van der Waals surface area contributed by atoms with Gasteiger partial charge in [0.2, 0.25) is 5.91 Å². The van der Waals surface area contributed by atoms with Crippen LogP contribution in [-0.4, -0.2) is 30.5 Å². The van der Waals surface area contributed by atoms with Crippen LogP contribution >= 0.6 is 11.8 Å². The van der Waals surface area contributed by atoms with Crippen LogP contribution in [0.3, 0.4) is 0 Å². The first-order valence-electron chi connectivity index (χ1n) is 7.22. The highest BCUT2D eigenvalue weighted by Crippen LogP contribution is 2.29. The number of carbonyl (C=O) groups is 2. The predicted molar refractivity (Wildman–Crippen MR) is 84.2 cm³/mol. The van der Waals surface area contributed by atoms with E-state index in [1.54, 1.807) is 0 Å². The van der Waals surface area contributed by atoms with E-state index >= 15 is 0 Å². The van der Waals surface area contributed by atoms with Crippen molar-refractivity contribution in [3.05, 3.63) is 35.4 Å². The number of benzene rings is 1. The topological polar surface area (TPSA) is 55.4 Å². The zero-order valence-corrected chi connectivity index (χ0v) is 13.1. The van der Waals surface area contributed by atoms with Gasteiger partial charge in [0.05, 0.1) is 25.3 Å². The highest BCUT2D eigenvalue weighted by atomic mass is 32.2. The number of carbonyl (C=O) groups excluding carboxylic acids is 2. The zero-order valence-electron chi connectivity index (χ0n) is 12.3. The van der Waals surface area contributed by atoms with E-state index in [0.717, 1.165) is 19.3 Å². The molecule has 1 atom stereocenters. The summed E-state index contributed by atoms with van der Waals surface area (Å²) in [5, 5.41) is 3.10. The van der Waals surface area contributed by atoms with Crippen LogP contribution in [0.5, 0.6) is 0 Å². The van der Waals surface area contributed by atoms with Crippen molar-refractivity contribution in [1.29, 1.82) is 0 Å². The van der Waals surface area contributed by atoms with E-state index in [1.165, 1.54) is 30.0 Å². The summed E-state index contributed by atoms with van der Waals surface area (Å²) < 4.78 is 4.56. The Hall–Kier alpha value is -1.49. The summed E-state index contributed by atoms with van der Waals surface area (Å²) in [4.78, 5) is 23.0. The molecule has 1 aromatic rings. The Balaban J connectivity index is 1.77. The zero-order chi connectivity index (χ0) is 15.1. The monoisotopic (exact) mass is 307 g/mol. The number of hydrogen-bond acceptors (Lipinski definition) is 4. The van der Waals surface area contributed by atoms with Crippen molar-refractivity contribution in [2.24, 2.45) is 0 Å². The second kappa shape index (κ2) is 8.08. The van der Waals surface area contributed by atoms with Gasteiger partial charge in [0.1, 0.15) is 0 Å². The first-order valence-corrected chi connectivity index (χ1v) is 8.38. The molecule has 0 saturated carbocycles. The van der Waals surface area contributed by atoms with E-state index in [2.05, 4.69) is 22.2 Å². The number of rotatable bonds is 6. The Morgan fingerprint density at radius 3 is 3.00 bits per heavy atom. The van der Waals surface area contributed by atoms with Gasteiger partial charge in [-0.25, -0.2) is 0 Å². The van der Waals surface area contributed by atoms with E-state index in [4.69, 9.17) is 0 Å². The number of thioether (sulfide) groups is 1. The molecule has 1 aliphatic carbocycles. The third-order valence-electron chi connectivity index (χ3n) is 3.62. The quantitative estimate of drug-likeness (QED) is 0.648. The summed E-state index contributed by atoms with van der Waals surface area (Å²) in [5.74, 6) is 0.799. The second-order valence-corrected chi connectivity index (χ2v) is 6.20. The number of aryl methyl sites for hydroxylation is 1. The summed E-state index contributed by atoms with van der Waals surface area (Å²) in [5.41, 5.74) is 2.59. The number of nitrogens with one attached hydrogen (secondary N) is 1. The summed E-state index contributed by atoms with van der Waals surface area (Å²) in [6, 6.07) is 8.44. The minimum atomic E-state index is -0.232. The highest BCUT2D eigenvalue weighted by molar-refractivity contribution is 7.99. The van der Waals surface area contributed by atoms with Gasteiger partial charge in [-0.05, 0) is 30.4 Å². The Kier molecular flexibility index (Phi) is 6.11. The number of amides is 1. The Morgan fingerprint density at radius 1 is 1.38 bits per heavy atom. The van der Waals surface area contributed by atoms with Crippen LogP contribution < -0.4 is 5.32 Å². The molecule has 1 aromatic carbocycles. The van der Waals surface area contributed by atoms with Gasteiger partial charge in [-0.15, -0.1) is 0 Å². The van der Waals surface area contributed by atoms with Crippen molar-refractivity contribution < 1.29 is 14.3 Å². The first kappa shape index (κ1) is 15.9. The molecule has 1 amide bonds. The molecule has 0 fully saturated rings. The van der Waals surface area contributed by atoms with E-state index in [0.29, 0.717) is 17.9 Å². The van der Waals surface area contributed by atoms with Crippen molar-refractivity contribution in [3.63, 3.8) is 0 Å². The van der Waals surface area contributed by atoms with Crippen molar-refractivity contribution in [1.82, 2.24) is 5.32 Å². The lowest BCUT2D eigenvalue weighted by Gasteiger charge is -2.26. The molecule has 1 aliphatic rings. The summed E-state index contributed by atoms with van der Waals surface area (Å²) in [6.45, 7) is 0.